The van der Waals surface area contributed by atoms with Gasteiger partial charge in [-0.15, -0.1) is 18.3 Å². The highest BCUT2D eigenvalue weighted by Gasteiger charge is 2.11. The molecule has 1 rings (SSSR count). The number of amides is 1. The fourth-order valence-electron chi connectivity index (χ4n) is 1.14. The number of rotatable bonds is 6. The predicted octanol–water partition coefficient (Wildman–Crippen LogP) is 3.22. The molecule has 1 aromatic carbocycles. The smallest absolute Gasteiger partial charge is 0.271 e. The first kappa shape index (κ1) is 14.7. The lowest BCUT2D eigenvalue weighted by Gasteiger charge is -2.06. The number of nitro groups is 1. The van der Waals surface area contributed by atoms with E-state index in [0.717, 1.165) is 0 Å². The van der Waals surface area contributed by atoms with Crippen LogP contribution in [0.4, 0.5) is 11.4 Å². The molecule has 0 aliphatic carbocycles. The van der Waals surface area contributed by atoms with Gasteiger partial charge in [-0.05, 0) is 22.0 Å². The summed E-state index contributed by atoms with van der Waals surface area (Å²) in [5, 5.41) is 13.2. The molecule has 5 nitrogen and oxygen atoms in total. The van der Waals surface area contributed by atoms with Crippen LogP contribution in [0.3, 0.4) is 0 Å². The summed E-state index contributed by atoms with van der Waals surface area (Å²) in [5.74, 6) is 0.757. The Hall–Kier alpha value is -1.34. The number of carbonyl (C=O) groups is 1. The number of non-ortho nitro benzene ring substituents is 1. The highest BCUT2D eigenvalue weighted by Crippen LogP contribution is 2.27. The molecule has 0 spiro atoms. The number of nitrogens with zero attached hydrogens (tertiary/aromatic N) is 1. The average molecular weight is 331 g/mol. The largest absolute Gasteiger partial charge is 0.324 e. The molecule has 0 aromatic heterocycles. The number of nitro benzene ring substituents is 1. The SMILES string of the molecule is C=CCSCC(=O)Nc1cc([N+](=O)[O-])ccc1Br. The highest BCUT2D eigenvalue weighted by atomic mass is 79.9. The van der Waals surface area contributed by atoms with Crippen molar-refractivity contribution in [1.29, 1.82) is 0 Å². The van der Waals surface area contributed by atoms with Crippen molar-refractivity contribution in [3.63, 3.8) is 0 Å². The molecule has 1 N–H and O–H groups in total. The number of thioether (sulfide) groups is 1. The Morgan fingerprint density at radius 1 is 1.61 bits per heavy atom. The molecule has 0 bridgehead atoms. The van der Waals surface area contributed by atoms with E-state index in [-0.39, 0.29) is 17.3 Å². The van der Waals surface area contributed by atoms with Gasteiger partial charge < -0.3 is 5.32 Å². The van der Waals surface area contributed by atoms with Gasteiger partial charge in [-0.3, -0.25) is 14.9 Å². The van der Waals surface area contributed by atoms with Gasteiger partial charge in [0.25, 0.3) is 5.69 Å². The molecule has 96 valence electrons. The highest BCUT2D eigenvalue weighted by molar-refractivity contribution is 9.10. The first-order valence-corrected chi connectivity index (χ1v) is 6.91. The van der Waals surface area contributed by atoms with Crippen molar-refractivity contribution in [3.8, 4) is 0 Å². The van der Waals surface area contributed by atoms with Gasteiger partial charge in [0.05, 0.1) is 16.4 Å². The summed E-state index contributed by atoms with van der Waals surface area (Å²) in [5.41, 5.74) is 0.334. The lowest BCUT2D eigenvalue weighted by molar-refractivity contribution is -0.384. The van der Waals surface area contributed by atoms with Crippen LogP contribution in [0.1, 0.15) is 0 Å². The van der Waals surface area contributed by atoms with Crippen LogP contribution in [0.15, 0.2) is 35.3 Å². The van der Waals surface area contributed by atoms with Crippen LogP contribution in [0, 0.1) is 10.1 Å². The monoisotopic (exact) mass is 330 g/mol. The van der Waals surface area contributed by atoms with E-state index in [2.05, 4.69) is 27.8 Å². The Balaban J connectivity index is 2.71. The molecule has 7 heteroatoms. The summed E-state index contributed by atoms with van der Waals surface area (Å²) in [7, 11) is 0. The summed E-state index contributed by atoms with van der Waals surface area (Å²) < 4.78 is 0.607. The first-order valence-electron chi connectivity index (χ1n) is 4.97. The Bertz CT molecular complexity index is 479. The number of carbonyl (C=O) groups excluding carboxylic acids is 1. The first-order chi connectivity index (χ1) is 8.54. The molecule has 0 aliphatic heterocycles. The fourth-order valence-corrected chi connectivity index (χ4v) is 2.03. The van der Waals surface area contributed by atoms with Crippen LogP contribution >= 0.6 is 27.7 Å². The van der Waals surface area contributed by atoms with Crippen molar-refractivity contribution in [1.82, 2.24) is 0 Å². The van der Waals surface area contributed by atoms with Gasteiger partial charge in [0.2, 0.25) is 5.91 Å². The van der Waals surface area contributed by atoms with Gasteiger partial charge in [-0.2, -0.15) is 0 Å². The van der Waals surface area contributed by atoms with E-state index in [1.165, 1.54) is 30.0 Å². The lowest BCUT2D eigenvalue weighted by Crippen LogP contribution is -2.14. The van der Waals surface area contributed by atoms with Gasteiger partial charge in [-0.25, -0.2) is 0 Å². The summed E-state index contributed by atoms with van der Waals surface area (Å²) in [4.78, 5) is 21.7. The third kappa shape index (κ3) is 4.50. The zero-order valence-electron chi connectivity index (χ0n) is 9.39. The molecule has 0 atom stereocenters. The second-order valence-electron chi connectivity index (χ2n) is 3.27. The second-order valence-corrected chi connectivity index (χ2v) is 5.16. The fraction of sp³-hybridized carbons (Fsp3) is 0.182. The molecule has 0 heterocycles. The van der Waals surface area contributed by atoms with Crippen LogP contribution < -0.4 is 5.32 Å². The molecule has 0 aliphatic rings. The Morgan fingerprint density at radius 2 is 2.33 bits per heavy atom. The number of benzene rings is 1. The van der Waals surface area contributed by atoms with E-state index >= 15 is 0 Å². The zero-order chi connectivity index (χ0) is 13.5. The minimum Gasteiger partial charge on any atom is -0.324 e. The maximum absolute atomic E-state index is 11.6. The molecule has 0 radical (unpaired) electrons. The quantitative estimate of drug-likeness (QED) is 0.376. The van der Waals surface area contributed by atoms with E-state index in [4.69, 9.17) is 0 Å². The van der Waals surface area contributed by atoms with Crippen LogP contribution in [-0.4, -0.2) is 22.3 Å². The van der Waals surface area contributed by atoms with Crippen molar-refractivity contribution < 1.29 is 9.72 Å². The molecule has 0 unspecified atom stereocenters. The van der Waals surface area contributed by atoms with Gasteiger partial charge in [0, 0.05) is 22.4 Å². The maximum Gasteiger partial charge on any atom is 0.271 e. The van der Waals surface area contributed by atoms with E-state index in [1.807, 2.05) is 0 Å². The van der Waals surface area contributed by atoms with E-state index in [0.29, 0.717) is 15.9 Å². The molecule has 1 aromatic rings. The van der Waals surface area contributed by atoms with Gasteiger partial charge in [-0.1, -0.05) is 6.08 Å². The number of anilines is 1. The van der Waals surface area contributed by atoms with E-state index < -0.39 is 4.92 Å². The minimum absolute atomic E-state index is 0.0627. The van der Waals surface area contributed by atoms with Gasteiger partial charge >= 0.3 is 0 Å². The number of hydrogen-bond acceptors (Lipinski definition) is 4. The molecule has 0 fully saturated rings. The number of halogens is 1. The summed E-state index contributed by atoms with van der Waals surface area (Å²) in [6.45, 7) is 3.55. The van der Waals surface area contributed by atoms with Crippen molar-refractivity contribution in [2.45, 2.75) is 0 Å². The second kappa shape index (κ2) is 7.17. The maximum atomic E-state index is 11.6. The van der Waals surface area contributed by atoms with Crippen LogP contribution in [0.2, 0.25) is 0 Å². The Labute approximate surface area is 117 Å². The third-order valence-electron chi connectivity index (χ3n) is 1.90. The lowest BCUT2D eigenvalue weighted by atomic mass is 10.3. The zero-order valence-corrected chi connectivity index (χ0v) is 11.8. The molecular formula is C11H11BrN2O3S. The minimum atomic E-state index is -0.505. The van der Waals surface area contributed by atoms with Crippen molar-refractivity contribution in [2.75, 3.05) is 16.8 Å². The van der Waals surface area contributed by atoms with Crippen LogP contribution in [-0.2, 0) is 4.79 Å². The summed E-state index contributed by atoms with van der Waals surface area (Å²) >= 11 is 4.65. The number of nitrogens with one attached hydrogen (secondary N) is 1. The van der Waals surface area contributed by atoms with Gasteiger partial charge in [0.1, 0.15) is 0 Å². The topological polar surface area (TPSA) is 72.2 Å². The standard InChI is InChI=1S/C11H11BrN2O3S/c1-2-5-18-7-11(15)13-10-6-8(14(16)17)3-4-9(10)12/h2-4,6H,1,5,7H2,(H,13,15). The van der Waals surface area contributed by atoms with Crippen LogP contribution in [0.25, 0.3) is 0 Å². The van der Waals surface area contributed by atoms with E-state index in [9.17, 15) is 14.9 Å². The predicted molar refractivity (Wildman–Crippen MR) is 76.9 cm³/mol. The van der Waals surface area contributed by atoms with Crippen molar-refractivity contribution >= 4 is 45.0 Å². The Morgan fingerprint density at radius 3 is 2.94 bits per heavy atom. The average Bonchev–Trinajstić information content (AvgIpc) is 2.32. The van der Waals surface area contributed by atoms with Crippen LogP contribution in [0.5, 0.6) is 0 Å². The van der Waals surface area contributed by atoms with Gasteiger partial charge in [0.15, 0.2) is 0 Å². The molecular weight excluding hydrogens is 320 g/mol. The number of hydrogen-bond donors (Lipinski definition) is 1. The van der Waals surface area contributed by atoms with Crippen molar-refractivity contribution in [2.24, 2.45) is 0 Å². The normalized spacial score (nSPS) is 9.83. The summed E-state index contributed by atoms with van der Waals surface area (Å²) in [6.07, 6.45) is 1.71. The molecule has 18 heavy (non-hydrogen) atoms. The van der Waals surface area contributed by atoms with Crippen molar-refractivity contribution in [3.05, 3.63) is 45.4 Å². The Kier molecular flexibility index (Phi) is 5.87. The molecule has 1 amide bonds. The molecule has 0 saturated heterocycles. The molecule has 0 saturated carbocycles. The van der Waals surface area contributed by atoms with E-state index in [1.54, 1.807) is 6.08 Å². The third-order valence-corrected chi connectivity index (χ3v) is 3.53. The summed E-state index contributed by atoms with van der Waals surface area (Å²) in [6, 6.07) is 4.22.